The van der Waals surface area contributed by atoms with Gasteiger partial charge in [-0.2, -0.15) is 0 Å². The summed E-state index contributed by atoms with van der Waals surface area (Å²) >= 11 is 0. The second kappa shape index (κ2) is 7.68. The Bertz CT molecular complexity index is 365. The number of furan rings is 1. The van der Waals surface area contributed by atoms with Crippen LogP contribution in [-0.2, 0) is 17.9 Å². The number of nitrogens with zero attached hydrogens (tertiary/aromatic N) is 1. The van der Waals surface area contributed by atoms with Gasteiger partial charge in [-0.15, -0.1) is 0 Å². The van der Waals surface area contributed by atoms with Crippen LogP contribution in [0.4, 0.5) is 0 Å². The average molecular weight is 266 g/mol. The highest BCUT2D eigenvalue weighted by molar-refractivity contribution is 5.06. The van der Waals surface area contributed by atoms with Gasteiger partial charge in [-0.1, -0.05) is 13.3 Å². The normalized spacial score (nSPS) is 20.8. The third kappa shape index (κ3) is 4.64. The Morgan fingerprint density at radius 1 is 1.37 bits per heavy atom. The van der Waals surface area contributed by atoms with Crippen LogP contribution in [0.5, 0.6) is 0 Å². The van der Waals surface area contributed by atoms with Gasteiger partial charge in [-0.3, -0.25) is 0 Å². The number of likely N-dealkylation sites (N-methyl/N-ethyl adjacent to an activating group) is 1. The second-order valence-corrected chi connectivity index (χ2v) is 5.29. The fraction of sp³-hybridized carbons (Fsp3) is 0.733. The molecule has 19 heavy (non-hydrogen) atoms. The van der Waals surface area contributed by atoms with Gasteiger partial charge in [0.1, 0.15) is 18.1 Å². The predicted octanol–water partition coefficient (Wildman–Crippen LogP) is 2.39. The zero-order valence-electron chi connectivity index (χ0n) is 12.2. The van der Waals surface area contributed by atoms with E-state index in [9.17, 15) is 0 Å². The summed E-state index contributed by atoms with van der Waals surface area (Å²) < 4.78 is 11.5. The summed E-state index contributed by atoms with van der Waals surface area (Å²) in [7, 11) is 2.19. The Labute approximate surface area is 116 Å². The van der Waals surface area contributed by atoms with Gasteiger partial charge in [-0.25, -0.2) is 0 Å². The molecule has 4 nitrogen and oxygen atoms in total. The molecule has 2 heterocycles. The molecule has 0 aromatic carbocycles. The van der Waals surface area contributed by atoms with Gasteiger partial charge in [0, 0.05) is 6.04 Å². The molecule has 0 amide bonds. The van der Waals surface area contributed by atoms with Crippen LogP contribution in [0.25, 0.3) is 0 Å². The van der Waals surface area contributed by atoms with E-state index in [1.165, 1.54) is 25.8 Å². The smallest absolute Gasteiger partial charge is 0.129 e. The Morgan fingerprint density at radius 2 is 2.21 bits per heavy atom. The van der Waals surface area contributed by atoms with E-state index >= 15 is 0 Å². The summed E-state index contributed by atoms with van der Waals surface area (Å²) in [6, 6.07) is 4.61. The van der Waals surface area contributed by atoms with E-state index < -0.39 is 0 Å². The van der Waals surface area contributed by atoms with E-state index in [0.29, 0.717) is 12.6 Å². The Balaban J connectivity index is 1.68. The molecule has 1 unspecified atom stereocenters. The Hall–Kier alpha value is -0.840. The zero-order chi connectivity index (χ0) is 13.5. The molecule has 1 atom stereocenters. The number of nitrogens with one attached hydrogen (secondary N) is 1. The molecule has 0 spiro atoms. The van der Waals surface area contributed by atoms with Crippen molar-refractivity contribution in [3.8, 4) is 0 Å². The van der Waals surface area contributed by atoms with Crippen LogP contribution in [0, 0.1) is 0 Å². The van der Waals surface area contributed by atoms with Gasteiger partial charge in [0.2, 0.25) is 0 Å². The van der Waals surface area contributed by atoms with Crippen molar-refractivity contribution < 1.29 is 9.15 Å². The van der Waals surface area contributed by atoms with Crippen molar-refractivity contribution in [1.82, 2.24) is 10.2 Å². The van der Waals surface area contributed by atoms with E-state index in [4.69, 9.17) is 9.15 Å². The molecule has 1 aromatic rings. The summed E-state index contributed by atoms with van der Waals surface area (Å²) in [4.78, 5) is 2.40. The van der Waals surface area contributed by atoms with Gasteiger partial charge < -0.3 is 19.4 Å². The van der Waals surface area contributed by atoms with Crippen LogP contribution < -0.4 is 5.32 Å². The molecule has 1 aliphatic heterocycles. The summed E-state index contributed by atoms with van der Waals surface area (Å²) in [5.41, 5.74) is 0. The van der Waals surface area contributed by atoms with Crippen LogP contribution in [0.1, 0.15) is 37.7 Å². The van der Waals surface area contributed by atoms with E-state index in [2.05, 4.69) is 24.2 Å². The molecule has 4 heteroatoms. The molecule has 1 fully saturated rings. The predicted molar refractivity (Wildman–Crippen MR) is 76.0 cm³/mol. The summed E-state index contributed by atoms with van der Waals surface area (Å²) in [5, 5.41) is 3.25. The van der Waals surface area contributed by atoms with Crippen LogP contribution in [0.15, 0.2) is 16.5 Å². The van der Waals surface area contributed by atoms with Gasteiger partial charge in [0.05, 0.1) is 13.2 Å². The Kier molecular flexibility index (Phi) is 5.89. The number of rotatable bonds is 7. The first-order valence-electron chi connectivity index (χ1n) is 7.36. The Morgan fingerprint density at radius 3 is 3.00 bits per heavy atom. The van der Waals surface area contributed by atoms with Crippen LogP contribution >= 0.6 is 0 Å². The maximum absolute atomic E-state index is 5.79. The van der Waals surface area contributed by atoms with E-state index in [0.717, 1.165) is 31.2 Å². The third-order valence-corrected chi connectivity index (χ3v) is 3.74. The first-order valence-corrected chi connectivity index (χ1v) is 7.36. The van der Waals surface area contributed by atoms with E-state index in [-0.39, 0.29) is 0 Å². The van der Waals surface area contributed by atoms with Crippen LogP contribution in [0.3, 0.4) is 0 Å². The lowest BCUT2D eigenvalue weighted by Gasteiger charge is -2.32. The SMILES string of the molecule is CCNCc1ccc(COCC2CCCCN2C)o1. The van der Waals surface area contributed by atoms with E-state index in [1.54, 1.807) is 0 Å². The molecular formula is C15H26N2O2. The van der Waals surface area contributed by atoms with Gasteiger partial charge in [-0.05, 0) is 45.1 Å². The molecule has 1 N–H and O–H groups in total. The van der Waals surface area contributed by atoms with Crippen molar-refractivity contribution in [2.45, 2.75) is 45.4 Å². The van der Waals surface area contributed by atoms with Crippen molar-refractivity contribution in [3.05, 3.63) is 23.7 Å². The lowest BCUT2D eigenvalue weighted by Crippen LogP contribution is -2.39. The quantitative estimate of drug-likeness (QED) is 0.822. The van der Waals surface area contributed by atoms with Crippen LogP contribution in [0.2, 0.25) is 0 Å². The topological polar surface area (TPSA) is 37.6 Å². The zero-order valence-corrected chi connectivity index (χ0v) is 12.2. The molecule has 108 valence electrons. The van der Waals surface area contributed by atoms with Crippen molar-refractivity contribution >= 4 is 0 Å². The minimum absolute atomic E-state index is 0.574. The molecule has 2 rings (SSSR count). The fourth-order valence-electron chi connectivity index (χ4n) is 2.49. The molecule has 1 aliphatic rings. The molecule has 1 aromatic heterocycles. The first-order chi connectivity index (χ1) is 9.29. The summed E-state index contributed by atoms with van der Waals surface area (Å²) in [5.74, 6) is 1.90. The lowest BCUT2D eigenvalue weighted by atomic mass is 10.0. The van der Waals surface area contributed by atoms with E-state index in [1.807, 2.05) is 12.1 Å². The largest absolute Gasteiger partial charge is 0.462 e. The molecule has 1 saturated heterocycles. The molecule has 0 radical (unpaired) electrons. The number of piperidine rings is 1. The van der Waals surface area contributed by atoms with Crippen molar-refractivity contribution in [3.63, 3.8) is 0 Å². The molecule has 0 saturated carbocycles. The first kappa shape index (κ1) is 14.6. The number of hydrogen-bond donors (Lipinski definition) is 1. The van der Waals surface area contributed by atoms with Gasteiger partial charge >= 0.3 is 0 Å². The maximum Gasteiger partial charge on any atom is 0.129 e. The highest BCUT2D eigenvalue weighted by Gasteiger charge is 2.18. The van der Waals surface area contributed by atoms with Gasteiger partial charge in [0.25, 0.3) is 0 Å². The second-order valence-electron chi connectivity index (χ2n) is 5.29. The minimum atomic E-state index is 0.574. The number of ether oxygens (including phenoxy) is 1. The molecule has 0 aliphatic carbocycles. The van der Waals surface area contributed by atoms with Crippen molar-refractivity contribution in [2.24, 2.45) is 0 Å². The summed E-state index contributed by atoms with van der Waals surface area (Å²) in [6.45, 7) is 6.42. The number of likely N-dealkylation sites (tertiary alicyclic amines) is 1. The summed E-state index contributed by atoms with van der Waals surface area (Å²) in [6.07, 6.45) is 3.89. The lowest BCUT2D eigenvalue weighted by molar-refractivity contribution is 0.0370. The van der Waals surface area contributed by atoms with Crippen LogP contribution in [-0.4, -0.2) is 37.7 Å². The highest BCUT2D eigenvalue weighted by Crippen LogP contribution is 2.16. The molecular weight excluding hydrogens is 240 g/mol. The minimum Gasteiger partial charge on any atom is -0.462 e. The van der Waals surface area contributed by atoms with Gasteiger partial charge in [0.15, 0.2) is 0 Å². The van der Waals surface area contributed by atoms with Crippen molar-refractivity contribution in [1.29, 1.82) is 0 Å². The standard InChI is InChI=1S/C15H26N2O2/c1-3-16-10-14-7-8-15(19-14)12-18-11-13-6-4-5-9-17(13)2/h7-8,13,16H,3-6,9-12H2,1-2H3. The fourth-order valence-corrected chi connectivity index (χ4v) is 2.49. The average Bonchev–Trinajstić information content (AvgIpc) is 2.86. The monoisotopic (exact) mass is 266 g/mol. The highest BCUT2D eigenvalue weighted by atomic mass is 16.5. The maximum atomic E-state index is 5.79. The van der Waals surface area contributed by atoms with Crippen molar-refractivity contribution in [2.75, 3.05) is 26.7 Å². The number of hydrogen-bond acceptors (Lipinski definition) is 4. The molecule has 0 bridgehead atoms. The third-order valence-electron chi connectivity index (χ3n) is 3.74.